The van der Waals surface area contributed by atoms with E-state index in [1.807, 2.05) is 32.0 Å². The molecule has 3 nitrogen and oxygen atoms in total. The van der Waals surface area contributed by atoms with Gasteiger partial charge >= 0.3 is 0 Å². The second-order valence-electron chi connectivity index (χ2n) is 5.79. The second-order valence-corrected chi connectivity index (χ2v) is 5.79. The monoisotopic (exact) mass is 248 g/mol. The maximum atomic E-state index is 11.8. The minimum absolute atomic E-state index is 0.0551. The van der Waals surface area contributed by atoms with Crippen LogP contribution < -0.4 is 10.6 Å². The lowest BCUT2D eigenvalue weighted by Gasteiger charge is -2.20. The summed E-state index contributed by atoms with van der Waals surface area (Å²) in [6.45, 7) is 11.0. The van der Waals surface area contributed by atoms with Gasteiger partial charge in [-0.2, -0.15) is 0 Å². The van der Waals surface area contributed by atoms with E-state index >= 15 is 0 Å². The molecule has 1 rings (SSSR count). The maximum Gasteiger partial charge on any atom is 0.225 e. The fraction of sp³-hybridized carbons (Fsp3) is 0.533. The number of amides is 1. The molecular weight excluding hydrogens is 224 g/mol. The number of benzene rings is 1. The Balaban J connectivity index is 2.47. The van der Waals surface area contributed by atoms with Crippen molar-refractivity contribution in [3.05, 3.63) is 29.3 Å². The first-order valence-electron chi connectivity index (χ1n) is 6.40. The predicted molar refractivity (Wildman–Crippen MR) is 76.9 cm³/mol. The summed E-state index contributed by atoms with van der Waals surface area (Å²) in [5.74, 6) is 0.0560. The molecule has 0 aliphatic carbocycles. The van der Waals surface area contributed by atoms with Crippen LogP contribution in [0.2, 0.25) is 0 Å². The molecule has 2 N–H and O–H groups in total. The van der Waals surface area contributed by atoms with E-state index in [2.05, 4.69) is 31.4 Å². The highest BCUT2D eigenvalue weighted by molar-refractivity contribution is 5.91. The van der Waals surface area contributed by atoms with E-state index in [4.69, 9.17) is 0 Å². The molecule has 0 bridgehead atoms. The van der Waals surface area contributed by atoms with Gasteiger partial charge < -0.3 is 10.6 Å². The van der Waals surface area contributed by atoms with E-state index in [1.54, 1.807) is 0 Å². The highest BCUT2D eigenvalue weighted by Gasteiger charge is 2.10. The van der Waals surface area contributed by atoms with Crippen molar-refractivity contribution in [2.75, 3.05) is 11.9 Å². The zero-order valence-corrected chi connectivity index (χ0v) is 12.1. The van der Waals surface area contributed by atoms with E-state index in [9.17, 15) is 4.79 Å². The van der Waals surface area contributed by atoms with Gasteiger partial charge in [-0.3, -0.25) is 4.79 Å². The Kier molecular flexibility index (Phi) is 4.91. The molecule has 1 aromatic carbocycles. The minimum atomic E-state index is 0.0551. The van der Waals surface area contributed by atoms with Crippen LogP contribution in [0.5, 0.6) is 0 Å². The first-order valence-corrected chi connectivity index (χ1v) is 6.40. The van der Waals surface area contributed by atoms with Gasteiger partial charge in [-0.25, -0.2) is 0 Å². The van der Waals surface area contributed by atoms with Crippen molar-refractivity contribution in [1.29, 1.82) is 0 Å². The molecule has 100 valence electrons. The molecule has 0 aliphatic heterocycles. The number of nitrogens with one attached hydrogen (secondary N) is 2. The number of rotatable bonds is 4. The van der Waals surface area contributed by atoms with Crippen LogP contribution in [0.15, 0.2) is 18.2 Å². The number of anilines is 1. The van der Waals surface area contributed by atoms with Crippen LogP contribution in [0.3, 0.4) is 0 Å². The summed E-state index contributed by atoms with van der Waals surface area (Å²) in [4.78, 5) is 11.8. The molecule has 0 fully saturated rings. The molecule has 0 aliphatic rings. The Morgan fingerprint density at radius 3 is 2.50 bits per heavy atom. The van der Waals surface area contributed by atoms with E-state index in [-0.39, 0.29) is 11.4 Å². The fourth-order valence-corrected chi connectivity index (χ4v) is 1.63. The van der Waals surface area contributed by atoms with Crippen molar-refractivity contribution in [2.24, 2.45) is 0 Å². The van der Waals surface area contributed by atoms with Crippen molar-refractivity contribution in [3.63, 3.8) is 0 Å². The summed E-state index contributed by atoms with van der Waals surface area (Å²) in [6, 6.07) is 6.08. The highest BCUT2D eigenvalue weighted by Crippen LogP contribution is 2.16. The molecule has 1 amide bonds. The lowest BCUT2D eigenvalue weighted by atomic mass is 10.1. The Morgan fingerprint density at radius 2 is 1.89 bits per heavy atom. The van der Waals surface area contributed by atoms with Gasteiger partial charge in [-0.1, -0.05) is 12.1 Å². The third-order valence-corrected chi connectivity index (χ3v) is 2.67. The zero-order valence-electron chi connectivity index (χ0n) is 12.1. The topological polar surface area (TPSA) is 41.1 Å². The number of aryl methyl sites for hydroxylation is 2. The van der Waals surface area contributed by atoms with Crippen LogP contribution in [-0.2, 0) is 4.79 Å². The van der Waals surface area contributed by atoms with Gasteiger partial charge in [0.1, 0.15) is 0 Å². The molecule has 3 heteroatoms. The van der Waals surface area contributed by atoms with Crippen molar-refractivity contribution >= 4 is 11.6 Å². The van der Waals surface area contributed by atoms with Crippen molar-refractivity contribution in [2.45, 2.75) is 46.6 Å². The van der Waals surface area contributed by atoms with Crippen LogP contribution in [0, 0.1) is 13.8 Å². The molecule has 0 unspecified atom stereocenters. The summed E-state index contributed by atoms with van der Waals surface area (Å²) in [7, 11) is 0. The van der Waals surface area contributed by atoms with E-state index < -0.39 is 0 Å². The first-order chi connectivity index (χ1) is 8.28. The van der Waals surface area contributed by atoms with Gasteiger partial charge in [0.15, 0.2) is 0 Å². The SMILES string of the molecule is Cc1ccc(C)c(NC(=O)CCNC(C)(C)C)c1. The first kappa shape index (κ1) is 14.7. The molecule has 0 saturated carbocycles. The smallest absolute Gasteiger partial charge is 0.225 e. The average Bonchev–Trinajstić information content (AvgIpc) is 2.21. The van der Waals surface area contributed by atoms with Crippen LogP contribution in [0.1, 0.15) is 38.3 Å². The summed E-state index contributed by atoms with van der Waals surface area (Å²) < 4.78 is 0. The van der Waals surface area contributed by atoms with Crippen molar-refractivity contribution < 1.29 is 4.79 Å². The van der Waals surface area contributed by atoms with Crippen molar-refractivity contribution in [1.82, 2.24) is 5.32 Å². The Labute approximate surface area is 110 Å². The molecule has 0 radical (unpaired) electrons. The van der Waals surface area contributed by atoms with Crippen LogP contribution >= 0.6 is 0 Å². The Morgan fingerprint density at radius 1 is 1.22 bits per heavy atom. The van der Waals surface area contributed by atoms with Gasteiger partial charge in [-0.05, 0) is 51.8 Å². The highest BCUT2D eigenvalue weighted by atomic mass is 16.1. The molecular formula is C15H24N2O. The Bertz CT molecular complexity index is 419. The largest absolute Gasteiger partial charge is 0.326 e. The second kappa shape index (κ2) is 6.01. The van der Waals surface area contributed by atoms with Crippen LogP contribution in [-0.4, -0.2) is 18.0 Å². The quantitative estimate of drug-likeness (QED) is 0.860. The summed E-state index contributed by atoms with van der Waals surface area (Å²) in [5, 5.41) is 6.26. The third-order valence-electron chi connectivity index (χ3n) is 2.67. The number of carbonyl (C=O) groups excluding carboxylic acids is 1. The summed E-state index contributed by atoms with van der Waals surface area (Å²) >= 11 is 0. The van der Waals surface area contributed by atoms with Crippen molar-refractivity contribution in [3.8, 4) is 0 Å². The molecule has 0 atom stereocenters. The normalized spacial score (nSPS) is 11.4. The fourth-order valence-electron chi connectivity index (χ4n) is 1.63. The molecule has 1 aromatic rings. The third kappa shape index (κ3) is 5.32. The number of hydrogen-bond donors (Lipinski definition) is 2. The number of hydrogen-bond acceptors (Lipinski definition) is 2. The summed E-state index contributed by atoms with van der Waals surface area (Å²) in [5.41, 5.74) is 3.22. The van der Waals surface area contributed by atoms with Gasteiger partial charge in [0, 0.05) is 24.2 Å². The van der Waals surface area contributed by atoms with Gasteiger partial charge in [0.05, 0.1) is 0 Å². The van der Waals surface area contributed by atoms with Gasteiger partial charge in [0.2, 0.25) is 5.91 Å². The van der Waals surface area contributed by atoms with E-state index in [0.717, 1.165) is 16.8 Å². The van der Waals surface area contributed by atoms with Gasteiger partial charge in [0.25, 0.3) is 0 Å². The zero-order chi connectivity index (χ0) is 13.8. The lowest BCUT2D eigenvalue weighted by molar-refractivity contribution is -0.116. The molecule has 0 aromatic heterocycles. The Hall–Kier alpha value is -1.35. The van der Waals surface area contributed by atoms with Crippen LogP contribution in [0.4, 0.5) is 5.69 Å². The van der Waals surface area contributed by atoms with E-state index in [0.29, 0.717) is 13.0 Å². The summed E-state index contributed by atoms with van der Waals surface area (Å²) in [6.07, 6.45) is 0.491. The van der Waals surface area contributed by atoms with Gasteiger partial charge in [-0.15, -0.1) is 0 Å². The number of carbonyl (C=O) groups is 1. The van der Waals surface area contributed by atoms with E-state index in [1.165, 1.54) is 0 Å². The lowest BCUT2D eigenvalue weighted by Crippen LogP contribution is -2.37. The molecule has 0 spiro atoms. The molecule has 18 heavy (non-hydrogen) atoms. The molecule has 0 heterocycles. The average molecular weight is 248 g/mol. The predicted octanol–water partition coefficient (Wildman–Crippen LogP) is 3.02. The molecule has 0 saturated heterocycles. The maximum absolute atomic E-state index is 11.8. The van der Waals surface area contributed by atoms with Crippen LogP contribution in [0.25, 0.3) is 0 Å². The minimum Gasteiger partial charge on any atom is -0.326 e. The standard InChI is InChI=1S/C15H24N2O/c1-11-6-7-12(2)13(10-11)17-14(18)8-9-16-15(3,4)5/h6-7,10,16H,8-9H2,1-5H3,(H,17,18).